The molecule has 0 spiro atoms. The molecule has 3 heteroatoms. The van der Waals surface area contributed by atoms with Gasteiger partial charge in [0, 0.05) is 0 Å². The van der Waals surface area contributed by atoms with Crippen LogP contribution in [0.15, 0.2) is 0 Å². The Kier molecular flexibility index (Phi) is 14.2. The molecule has 2 atom stereocenters. The van der Waals surface area contributed by atoms with Crippen LogP contribution in [0.25, 0.3) is 0 Å². The molecule has 2 unspecified atom stereocenters. The summed E-state index contributed by atoms with van der Waals surface area (Å²) in [7, 11) is 0. The van der Waals surface area contributed by atoms with Gasteiger partial charge >= 0.3 is 0 Å². The zero-order valence-corrected chi connectivity index (χ0v) is 13.2. The maximum Gasteiger partial charge on any atom is 0.0704 e. The summed E-state index contributed by atoms with van der Waals surface area (Å²) in [6, 6.07) is 0. The third-order valence-corrected chi connectivity index (χ3v) is 3.62. The van der Waals surface area contributed by atoms with E-state index in [1.807, 2.05) is 0 Å². The summed E-state index contributed by atoms with van der Waals surface area (Å²) in [5.74, 6) is 0.685. The molecule has 0 aromatic rings. The second-order valence-electron chi connectivity index (χ2n) is 5.20. The zero-order valence-electron chi connectivity index (χ0n) is 13.2. The van der Waals surface area contributed by atoms with Crippen LogP contribution in [0.5, 0.6) is 0 Å². The van der Waals surface area contributed by atoms with Crippen molar-refractivity contribution in [1.29, 1.82) is 0 Å². The van der Waals surface area contributed by atoms with Crippen molar-refractivity contribution < 1.29 is 14.6 Å². The Labute approximate surface area is 119 Å². The molecule has 0 saturated carbocycles. The zero-order chi connectivity index (χ0) is 14.3. The molecule has 19 heavy (non-hydrogen) atoms. The Morgan fingerprint density at radius 1 is 0.895 bits per heavy atom. The van der Waals surface area contributed by atoms with E-state index >= 15 is 0 Å². The van der Waals surface area contributed by atoms with Crippen LogP contribution in [-0.4, -0.2) is 37.6 Å². The van der Waals surface area contributed by atoms with Crippen molar-refractivity contribution >= 4 is 0 Å². The average molecular weight is 274 g/mol. The van der Waals surface area contributed by atoms with Crippen molar-refractivity contribution in [2.45, 2.75) is 71.8 Å². The van der Waals surface area contributed by atoms with Crippen LogP contribution < -0.4 is 0 Å². The second kappa shape index (κ2) is 14.3. The SMILES string of the molecule is CCCCC(CC)C(CCCC)OCCOCCO. The van der Waals surface area contributed by atoms with Crippen LogP contribution in [0, 0.1) is 5.92 Å². The smallest absolute Gasteiger partial charge is 0.0704 e. The van der Waals surface area contributed by atoms with Crippen LogP contribution in [0.4, 0.5) is 0 Å². The molecule has 0 saturated heterocycles. The second-order valence-corrected chi connectivity index (χ2v) is 5.20. The largest absolute Gasteiger partial charge is 0.394 e. The van der Waals surface area contributed by atoms with E-state index in [0.29, 0.717) is 31.8 Å². The van der Waals surface area contributed by atoms with E-state index in [-0.39, 0.29) is 6.61 Å². The van der Waals surface area contributed by atoms with Gasteiger partial charge in [-0.1, -0.05) is 52.9 Å². The predicted molar refractivity (Wildman–Crippen MR) is 80.5 cm³/mol. The van der Waals surface area contributed by atoms with Crippen LogP contribution in [0.2, 0.25) is 0 Å². The first-order valence-electron chi connectivity index (χ1n) is 8.10. The predicted octanol–water partition coefficient (Wildman–Crippen LogP) is 3.79. The monoisotopic (exact) mass is 274 g/mol. The van der Waals surface area contributed by atoms with Crippen molar-refractivity contribution in [3.8, 4) is 0 Å². The van der Waals surface area contributed by atoms with Gasteiger partial charge in [0.25, 0.3) is 0 Å². The van der Waals surface area contributed by atoms with Crippen LogP contribution in [0.3, 0.4) is 0 Å². The van der Waals surface area contributed by atoms with Crippen LogP contribution in [0.1, 0.15) is 65.7 Å². The van der Waals surface area contributed by atoms with Crippen molar-refractivity contribution in [1.82, 2.24) is 0 Å². The number of aliphatic hydroxyl groups is 1. The molecule has 0 aromatic carbocycles. The van der Waals surface area contributed by atoms with Gasteiger partial charge in [-0.2, -0.15) is 0 Å². The summed E-state index contributed by atoms with van der Waals surface area (Å²) >= 11 is 0. The quantitative estimate of drug-likeness (QED) is 0.490. The van der Waals surface area contributed by atoms with Crippen molar-refractivity contribution in [2.75, 3.05) is 26.4 Å². The molecule has 0 rings (SSSR count). The fourth-order valence-electron chi connectivity index (χ4n) is 2.40. The summed E-state index contributed by atoms with van der Waals surface area (Å²) in [5.41, 5.74) is 0. The molecule has 0 aliphatic heterocycles. The highest BCUT2D eigenvalue weighted by Gasteiger charge is 2.19. The van der Waals surface area contributed by atoms with E-state index < -0.39 is 0 Å². The van der Waals surface area contributed by atoms with E-state index in [1.165, 1.54) is 44.9 Å². The Morgan fingerprint density at radius 2 is 1.58 bits per heavy atom. The molecular formula is C16H34O3. The lowest BCUT2D eigenvalue weighted by Crippen LogP contribution is -2.26. The van der Waals surface area contributed by atoms with Gasteiger partial charge < -0.3 is 14.6 Å². The summed E-state index contributed by atoms with van der Waals surface area (Å²) < 4.78 is 11.3. The molecule has 1 N–H and O–H groups in total. The van der Waals surface area contributed by atoms with Gasteiger partial charge in [-0.25, -0.2) is 0 Å². The standard InChI is InChI=1S/C16H34O3/c1-4-7-9-15(6-3)16(10-8-5-2)19-14-13-18-12-11-17/h15-17H,4-14H2,1-3H3. The van der Waals surface area contributed by atoms with E-state index in [9.17, 15) is 0 Å². The molecule has 0 aliphatic rings. The molecule has 0 radical (unpaired) electrons. The molecule has 0 fully saturated rings. The molecule has 3 nitrogen and oxygen atoms in total. The van der Waals surface area contributed by atoms with Crippen LogP contribution >= 0.6 is 0 Å². The molecular weight excluding hydrogens is 240 g/mol. The lowest BCUT2D eigenvalue weighted by atomic mass is 9.90. The first kappa shape index (κ1) is 18.9. The lowest BCUT2D eigenvalue weighted by molar-refractivity contribution is -0.0330. The molecule has 0 heterocycles. The number of ether oxygens (including phenoxy) is 2. The fraction of sp³-hybridized carbons (Fsp3) is 1.00. The minimum atomic E-state index is 0.0906. The molecule has 0 bridgehead atoms. The lowest BCUT2D eigenvalue weighted by Gasteiger charge is -2.26. The number of unbranched alkanes of at least 4 members (excludes halogenated alkanes) is 2. The fourth-order valence-corrected chi connectivity index (χ4v) is 2.40. The number of hydrogen-bond donors (Lipinski definition) is 1. The first-order chi connectivity index (χ1) is 9.29. The van der Waals surface area contributed by atoms with Gasteiger partial charge in [-0.05, 0) is 18.8 Å². The highest BCUT2D eigenvalue weighted by atomic mass is 16.5. The van der Waals surface area contributed by atoms with E-state index in [4.69, 9.17) is 14.6 Å². The Hall–Kier alpha value is -0.120. The molecule has 0 aromatic heterocycles. The Bertz CT molecular complexity index is 173. The Morgan fingerprint density at radius 3 is 2.16 bits per heavy atom. The van der Waals surface area contributed by atoms with Gasteiger partial charge in [0.2, 0.25) is 0 Å². The van der Waals surface area contributed by atoms with Crippen molar-refractivity contribution in [3.63, 3.8) is 0 Å². The van der Waals surface area contributed by atoms with Gasteiger partial charge in [0.15, 0.2) is 0 Å². The molecule has 116 valence electrons. The topological polar surface area (TPSA) is 38.7 Å². The normalized spacial score (nSPS) is 14.5. The summed E-state index contributed by atoms with van der Waals surface area (Å²) in [6.45, 7) is 8.49. The summed E-state index contributed by atoms with van der Waals surface area (Å²) in [4.78, 5) is 0. The van der Waals surface area contributed by atoms with E-state index in [2.05, 4.69) is 20.8 Å². The third kappa shape index (κ3) is 10.3. The highest BCUT2D eigenvalue weighted by molar-refractivity contribution is 4.70. The minimum Gasteiger partial charge on any atom is -0.394 e. The molecule has 0 aliphatic carbocycles. The molecule has 0 amide bonds. The maximum atomic E-state index is 8.65. The van der Waals surface area contributed by atoms with Crippen molar-refractivity contribution in [2.24, 2.45) is 5.92 Å². The maximum absolute atomic E-state index is 8.65. The van der Waals surface area contributed by atoms with Crippen molar-refractivity contribution in [3.05, 3.63) is 0 Å². The van der Waals surface area contributed by atoms with Crippen LogP contribution in [-0.2, 0) is 9.47 Å². The minimum absolute atomic E-state index is 0.0906. The highest BCUT2D eigenvalue weighted by Crippen LogP contribution is 2.23. The number of rotatable bonds is 14. The number of aliphatic hydroxyl groups excluding tert-OH is 1. The Balaban J connectivity index is 4.02. The summed E-state index contributed by atoms with van der Waals surface area (Å²) in [6.07, 6.45) is 9.05. The average Bonchev–Trinajstić information content (AvgIpc) is 2.44. The number of hydrogen-bond acceptors (Lipinski definition) is 3. The van der Waals surface area contributed by atoms with Gasteiger partial charge in [0.05, 0.1) is 32.5 Å². The van der Waals surface area contributed by atoms with Gasteiger partial charge in [-0.15, -0.1) is 0 Å². The van der Waals surface area contributed by atoms with Gasteiger partial charge in [0.1, 0.15) is 0 Å². The summed E-state index contributed by atoms with van der Waals surface area (Å²) in [5, 5.41) is 8.65. The van der Waals surface area contributed by atoms with E-state index in [1.54, 1.807) is 0 Å². The van der Waals surface area contributed by atoms with E-state index in [0.717, 1.165) is 0 Å². The third-order valence-electron chi connectivity index (χ3n) is 3.62. The first-order valence-corrected chi connectivity index (χ1v) is 8.10. The van der Waals surface area contributed by atoms with Gasteiger partial charge in [-0.3, -0.25) is 0 Å².